The second-order valence-electron chi connectivity index (χ2n) is 11.0. The van der Waals surface area contributed by atoms with Gasteiger partial charge >= 0.3 is 5.97 Å². The molecule has 1 fully saturated rings. The third-order valence-electron chi connectivity index (χ3n) is 7.99. The monoisotopic (exact) mass is 604 g/mol. The number of carbonyl (C=O) groups excluding carboxylic acids is 1. The highest BCUT2D eigenvalue weighted by molar-refractivity contribution is 6.30. The first kappa shape index (κ1) is 28.7. The van der Waals surface area contributed by atoms with Crippen LogP contribution in [0, 0.1) is 34.3 Å². The number of benzene rings is 1. The van der Waals surface area contributed by atoms with E-state index in [0.717, 1.165) is 43.3 Å². The molecule has 2 aliphatic carbocycles. The summed E-state index contributed by atoms with van der Waals surface area (Å²) in [7, 11) is 1.31. The number of carbonyl (C=O) groups is 1. The number of methoxy groups -OCH3 is 1. The number of imidazole rings is 1. The Morgan fingerprint density at radius 3 is 2.72 bits per heavy atom. The summed E-state index contributed by atoms with van der Waals surface area (Å²) >= 11 is 5.80. The first-order valence-electron chi connectivity index (χ1n) is 13.9. The number of esters is 1. The fourth-order valence-electron chi connectivity index (χ4n) is 5.28. The predicted molar refractivity (Wildman–Crippen MR) is 153 cm³/mol. The molecule has 43 heavy (non-hydrogen) atoms. The minimum Gasteiger partial charge on any atom is -0.471 e. The first-order chi connectivity index (χ1) is 20.8. The van der Waals surface area contributed by atoms with Gasteiger partial charge < -0.3 is 14.0 Å². The quantitative estimate of drug-likeness (QED) is 0.206. The van der Waals surface area contributed by atoms with Gasteiger partial charge in [0.2, 0.25) is 5.82 Å². The highest BCUT2D eigenvalue weighted by atomic mass is 35.5. The van der Waals surface area contributed by atoms with Gasteiger partial charge in [0.25, 0.3) is 5.88 Å². The third kappa shape index (κ3) is 6.06. The van der Waals surface area contributed by atoms with Crippen molar-refractivity contribution in [2.24, 2.45) is 11.3 Å². The van der Waals surface area contributed by atoms with Crippen molar-refractivity contribution >= 4 is 34.3 Å². The number of halogens is 3. The number of fused-ring (bicyclic) bond motifs is 1. The molecule has 0 saturated heterocycles. The van der Waals surface area contributed by atoms with E-state index in [0.29, 0.717) is 36.4 Å². The molecule has 1 unspecified atom stereocenters. The number of nitriles is 1. The number of allylic oxidation sites excluding steroid dienone is 2. The largest absolute Gasteiger partial charge is 0.471 e. The van der Waals surface area contributed by atoms with E-state index in [4.69, 9.17) is 26.1 Å². The summed E-state index contributed by atoms with van der Waals surface area (Å²) in [6, 6.07) is 9.97. The molecule has 4 aromatic rings. The van der Waals surface area contributed by atoms with Crippen molar-refractivity contribution in [2.45, 2.75) is 51.7 Å². The number of hydrogen-bond donors (Lipinski definition) is 0. The Balaban J connectivity index is 1.19. The summed E-state index contributed by atoms with van der Waals surface area (Å²) in [4.78, 5) is 29.9. The number of ether oxygens (including phenoxy) is 2. The predicted octanol–water partition coefficient (Wildman–Crippen LogP) is 6.25. The summed E-state index contributed by atoms with van der Waals surface area (Å²) in [5.41, 5.74) is 2.08. The van der Waals surface area contributed by atoms with Gasteiger partial charge in [0.15, 0.2) is 17.2 Å². The highest BCUT2D eigenvalue weighted by Gasteiger charge is 2.44. The average Bonchev–Trinajstić information content (AvgIpc) is 3.72. The Bertz CT molecular complexity index is 1800. The van der Waals surface area contributed by atoms with Gasteiger partial charge in [-0.3, -0.25) is 0 Å². The molecule has 0 amide bonds. The third-order valence-corrected chi connectivity index (χ3v) is 8.22. The summed E-state index contributed by atoms with van der Waals surface area (Å²) in [6.45, 7) is 0.258. The Morgan fingerprint density at radius 1 is 1.19 bits per heavy atom. The number of nitrogens with zero attached hydrogens (tertiary/aromatic N) is 6. The molecular weight excluding hydrogens is 578 g/mol. The molecule has 3 heterocycles. The Labute approximate surface area is 251 Å². The molecule has 3 aromatic heterocycles. The molecular formula is C31H27ClF2N6O3. The van der Waals surface area contributed by atoms with E-state index in [-0.39, 0.29) is 34.7 Å². The number of aromatic nitrogens is 5. The lowest BCUT2D eigenvalue weighted by atomic mass is 9.87. The maximum atomic E-state index is 14.4. The molecule has 0 N–H and O–H groups in total. The zero-order valence-corrected chi connectivity index (χ0v) is 24.1. The van der Waals surface area contributed by atoms with Gasteiger partial charge in [-0.2, -0.15) is 14.6 Å². The molecule has 12 heteroatoms. The van der Waals surface area contributed by atoms with Gasteiger partial charge in [-0.15, -0.1) is 0 Å². The van der Waals surface area contributed by atoms with Crippen LogP contribution in [0.1, 0.15) is 59.8 Å². The van der Waals surface area contributed by atoms with Crippen LogP contribution in [-0.2, 0) is 24.3 Å². The minimum atomic E-state index is -0.735. The number of hydrogen-bond acceptors (Lipinski definition) is 8. The number of rotatable bonds is 9. The van der Waals surface area contributed by atoms with Gasteiger partial charge in [-0.05, 0) is 67.9 Å². The fraction of sp³-hybridized carbons (Fsp3) is 0.355. The van der Waals surface area contributed by atoms with Gasteiger partial charge in [0, 0.05) is 23.6 Å². The Hall–Kier alpha value is -4.43. The molecule has 9 nitrogen and oxygen atoms in total. The maximum Gasteiger partial charge on any atom is 0.356 e. The average molecular weight is 605 g/mol. The van der Waals surface area contributed by atoms with Crippen LogP contribution in [0.4, 0.5) is 8.78 Å². The van der Waals surface area contributed by atoms with E-state index >= 15 is 0 Å². The lowest BCUT2D eigenvalue weighted by molar-refractivity contribution is 0.0594. The van der Waals surface area contributed by atoms with Crippen LogP contribution in [0.3, 0.4) is 0 Å². The van der Waals surface area contributed by atoms with Crippen LogP contribution in [0.15, 0.2) is 42.6 Å². The van der Waals surface area contributed by atoms with Crippen LogP contribution in [-0.4, -0.2) is 37.6 Å². The second-order valence-corrected chi connectivity index (χ2v) is 11.4. The van der Waals surface area contributed by atoms with Crippen molar-refractivity contribution in [1.82, 2.24) is 24.5 Å². The molecule has 0 aliphatic heterocycles. The van der Waals surface area contributed by atoms with Crippen molar-refractivity contribution in [3.05, 3.63) is 82.2 Å². The van der Waals surface area contributed by atoms with E-state index in [1.54, 1.807) is 12.1 Å². The molecule has 6 rings (SSSR count). The zero-order chi connectivity index (χ0) is 30.1. The molecule has 220 valence electrons. The molecule has 1 atom stereocenters. The molecule has 2 aliphatic rings. The van der Waals surface area contributed by atoms with Gasteiger partial charge in [-0.25, -0.2) is 24.1 Å². The fourth-order valence-corrected chi connectivity index (χ4v) is 5.43. The van der Waals surface area contributed by atoms with Gasteiger partial charge in [0.1, 0.15) is 23.8 Å². The molecule has 1 aromatic carbocycles. The van der Waals surface area contributed by atoms with Crippen LogP contribution in [0.25, 0.3) is 16.7 Å². The van der Waals surface area contributed by atoms with E-state index < -0.39 is 23.0 Å². The number of pyridine rings is 1. The van der Waals surface area contributed by atoms with E-state index in [2.05, 4.69) is 21.0 Å². The smallest absolute Gasteiger partial charge is 0.356 e. The van der Waals surface area contributed by atoms with E-state index in [1.807, 2.05) is 10.6 Å². The first-order valence-corrected chi connectivity index (χ1v) is 14.3. The molecule has 0 bridgehead atoms. The highest BCUT2D eigenvalue weighted by Crippen LogP contribution is 2.47. The lowest BCUT2D eigenvalue weighted by Crippen LogP contribution is -2.17. The molecule has 1 saturated carbocycles. The standard InChI is InChI=1S/C31H27ClF2N6O3/c1-42-30(41)25-9-8-24-28(38-25)40(17-31(16-35)10-11-31)26(37-24)12-18-2-4-19(5-3-18)27-36-14-23(34)29(39-27)43-15-20-6-7-21(32)13-22(20)33/h4,6-9,13-14,18H,2-3,5,10-12,15,17H2,1H3. The van der Waals surface area contributed by atoms with Crippen molar-refractivity contribution in [3.63, 3.8) is 0 Å². The SMILES string of the molecule is COC(=O)c1ccc2nc(CC3CC=C(c4ncc(F)c(OCc5ccc(Cl)cc5F)n4)CC3)n(CC3(C#N)CC3)c2n1. The van der Waals surface area contributed by atoms with Crippen LogP contribution >= 0.6 is 11.6 Å². The Morgan fingerprint density at radius 2 is 2.02 bits per heavy atom. The van der Waals surface area contributed by atoms with Crippen molar-refractivity contribution in [1.29, 1.82) is 5.26 Å². The van der Waals surface area contributed by atoms with Crippen LogP contribution in [0.2, 0.25) is 5.02 Å². The lowest BCUT2D eigenvalue weighted by Gasteiger charge is -2.22. The topological polar surface area (TPSA) is 116 Å². The van der Waals surface area contributed by atoms with Crippen molar-refractivity contribution in [3.8, 4) is 11.9 Å². The van der Waals surface area contributed by atoms with Crippen LogP contribution in [0.5, 0.6) is 5.88 Å². The molecule has 0 spiro atoms. The zero-order valence-electron chi connectivity index (χ0n) is 23.3. The summed E-state index contributed by atoms with van der Waals surface area (Å²) in [5, 5.41) is 10.0. The molecule has 0 radical (unpaired) electrons. The Kier molecular flexibility index (Phi) is 7.79. The maximum absolute atomic E-state index is 14.4. The van der Waals surface area contributed by atoms with Gasteiger partial charge in [0.05, 0.1) is 24.8 Å². The van der Waals surface area contributed by atoms with Gasteiger partial charge in [-0.1, -0.05) is 23.7 Å². The normalized spacial score (nSPS) is 17.3. The summed E-state index contributed by atoms with van der Waals surface area (Å²) in [6.07, 6.45) is 7.57. The summed E-state index contributed by atoms with van der Waals surface area (Å²) in [5.74, 6) is -0.630. The van der Waals surface area contributed by atoms with Crippen LogP contribution < -0.4 is 4.74 Å². The summed E-state index contributed by atoms with van der Waals surface area (Å²) < 4.78 is 40.9. The van der Waals surface area contributed by atoms with E-state index in [1.165, 1.54) is 25.3 Å². The van der Waals surface area contributed by atoms with E-state index in [9.17, 15) is 18.8 Å². The van der Waals surface area contributed by atoms with Crippen molar-refractivity contribution < 1.29 is 23.0 Å². The minimum absolute atomic E-state index is 0.190. The van der Waals surface area contributed by atoms with Crippen molar-refractivity contribution in [2.75, 3.05) is 7.11 Å². The second kappa shape index (κ2) is 11.7.